The minimum atomic E-state index is -3.54. The fourth-order valence-corrected chi connectivity index (χ4v) is 3.22. The van der Waals surface area contributed by atoms with Crippen molar-refractivity contribution in [3.63, 3.8) is 0 Å². The van der Waals surface area contributed by atoms with Crippen LogP contribution in [-0.2, 0) is 9.36 Å². The quantitative estimate of drug-likeness (QED) is 0.787. The molecule has 16 heavy (non-hydrogen) atoms. The van der Waals surface area contributed by atoms with E-state index in [1.165, 1.54) is 0 Å². The smallest absolute Gasteiger partial charge is 0.303 e. The first-order valence-corrected chi connectivity index (χ1v) is 6.79. The zero-order valence-electron chi connectivity index (χ0n) is 9.30. The van der Waals surface area contributed by atoms with Gasteiger partial charge in [-0.1, -0.05) is 17.7 Å². The number of aryl methyl sites for hydroxylation is 2. The van der Waals surface area contributed by atoms with Gasteiger partial charge in [0.1, 0.15) is 0 Å². The number of carboxylic acid groups (broad SMARTS) is 1. The van der Waals surface area contributed by atoms with Gasteiger partial charge in [-0.2, -0.15) is 0 Å². The van der Waals surface area contributed by atoms with Gasteiger partial charge in [-0.05, 0) is 25.5 Å². The average molecular weight is 242 g/mol. The van der Waals surface area contributed by atoms with Crippen molar-refractivity contribution < 1.29 is 19.4 Å². The molecule has 0 saturated heterocycles. The van der Waals surface area contributed by atoms with Gasteiger partial charge in [-0.15, -0.1) is 0 Å². The number of aliphatic carboxylic acids is 1. The van der Waals surface area contributed by atoms with Crippen molar-refractivity contribution in [2.45, 2.75) is 20.3 Å². The van der Waals surface area contributed by atoms with E-state index in [1.807, 2.05) is 13.0 Å². The SMILES string of the molecule is Cc1ccc(P(=O)(O)CCC(=O)O)c(C)c1. The van der Waals surface area contributed by atoms with E-state index in [0.717, 1.165) is 11.1 Å². The molecular weight excluding hydrogens is 227 g/mol. The highest BCUT2D eigenvalue weighted by Crippen LogP contribution is 2.40. The van der Waals surface area contributed by atoms with Crippen molar-refractivity contribution in [2.24, 2.45) is 0 Å². The minimum Gasteiger partial charge on any atom is -0.481 e. The fraction of sp³-hybridized carbons (Fsp3) is 0.364. The zero-order valence-corrected chi connectivity index (χ0v) is 10.2. The Bertz CT molecular complexity index is 453. The molecule has 2 N–H and O–H groups in total. The van der Waals surface area contributed by atoms with Crippen LogP contribution in [0.3, 0.4) is 0 Å². The second kappa shape index (κ2) is 4.81. The molecule has 0 spiro atoms. The van der Waals surface area contributed by atoms with Crippen LogP contribution in [0.2, 0.25) is 0 Å². The second-order valence-corrected chi connectivity index (χ2v) is 6.19. The number of carboxylic acids is 1. The molecule has 0 aromatic heterocycles. The fourth-order valence-electron chi connectivity index (χ4n) is 1.57. The summed E-state index contributed by atoms with van der Waals surface area (Å²) in [5.74, 6) is -1.06. The molecule has 5 heteroatoms. The van der Waals surface area contributed by atoms with Crippen molar-refractivity contribution in [1.82, 2.24) is 0 Å². The summed E-state index contributed by atoms with van der Waals surface area (Å²) in [7, 11) is -3.54. The third kappa shape index (κ3) is 3.19. The molecule has 0 aliphatic heterocycles. The molecule has 1 atom stereocenters. The van der Waals surface area contributed by atoms with Crippen LogP contribution >= 0.6 is 7.37 Å². The summed E-state index contributed by atoms with van der Waals surface area (Å²) in [4.78, 5) is 20.2. The van der Waals surface area contributed by atoms with Gasteiger partial charge in [-0.3, -0.25) is 9.36 Å². The molecule has 0 fully saturated rings. The summed E-state index contributed by atoms with van der Waals surface area (Å²) >= 11 is 0. The first-order chi connectivity index (χ1) is 7.33. The van der Waals surface area contributed by atoms with E-state index in [0.29, 0.717) is 5.30 Å². The summed E-state index contributed by atoms with van der Waals surface area (Å²) in [5.41, 5.74) is 1.75. The molecule has 0 saturated carbocycles. The largest absolute Gasteiger partial charge is 0.481 e. The first-order valence-electron chi connectivity index (χ1n) is 4.94. The summed E-state index contributed by atoms with van der Waals surface area (Å²) in [6.45, 7) is 3.66. The highest BCUT2D eigenvalue weighted by Gasteiger charge is 2.24. The maximum atomic E-state index is 11.9. The minimum absolute atomic E-state index is 0.216. The van der Waals surface area contributed by atoms with E-state index in [4.69, 9.17) is 5.11 Å². The first kappa shape index (κ1) is 12.9. The van der Waals surface area contributed by atoms with E-state index in [1.54, 1.807) is 19.1 Å². The number of hydrogen-bond donors (Lipinski definition) is 2. The summed E-state index contributed by atoms with van der Waals surface area (Å²) in [6.07, 6.45) is -0.507. The Morgan fingerprint density at radius 3 is 2.50 bits per heavy atom. The van der Waals surface area contributed by atoms with E-state index >= 15 is 0 Å². The van der Waals surface area contributed by atoms with Crippen LogP contribution in [0.4, 0.5) is 0 Å². The zero-order chi connectivity index (χ0) is 12.3. The second-order valence-electron chi connectivity index (χ2n) is 3.86. The van der Waals surface area contributed by atoms with Gasteiger partial charge in [0.05, 0.1) is 6.42 Å². The molecule has 0 bridgehead atoms. The van der Waals surface area contributed by atoms with Gasteiger partial charge in [0.25, 0.3) is 0 Å². The van der Waals surface area contributed by atoms with Crippen LogP contribution in [0.15, 0.2) is 18.2 Å². The normalized spacial score (nSPS) is 14.4. The van der Waals surface area contributed by atoms with Crippen LogP contribution in [-0.4, -0.2) is 22.1 Å². The number of hydrogen-bond acceptors (Lipinski definition) is 2. The van der Waals surface area contributed by atoms with Crippen LogP contribution in [0, 0.1) is 13.8 Å². The van der Waals surface area contributed by atoms with Crippen LogP contribution < -0.4 is 5.30 Å². The lowest BCUT2D eigenvalue weighted by molar-refractivity contribution is -0.136. The van der Waals surface area contributed by atoms with Crippen molar-refractivity contribution >= 4 is 18.6 Å². The predicted octanol–water partition coefficient (Wildman–Crippen LogP) is 1.67. The van der Waals surface area contributed by atoms with Gasteiger partial charge in [-0.25, -0.2) is 0 Å². The molecule has 1 unspecified atom stereocenters. The van der Waals surface area contributed by atoms with Gasteiger partial charge in [0, 0.05) is 11.5 Å². The van der Waals surface area contributed by atoms with E-state index in [9.17, 15) is 14.3 Å². The molecule has 88 valence electrons. The summed E-state index contributed by atoms with van der Waals surface area (Å²) < 4.78 is 11.9. The molecule has 0 amide bonds. The molecule has 0 radical (unpaired) electrons. The molecular formula is C11H15O4P. The Balaban J connectivity index is 2.98. The van der Waals surface area contributed by atoms with Gasteiger partial charge >= 0.3 is 5.97 Å². The predicted molar refractivity (Wildman–Crippen MR) is 62.5 cm³/mol. The Labute approximate surface area is 94.4 Å². The van der Waals surface area contributed by atoms with Crippen LogP contribution in [0.5, 0.6) is 0 Å². The molecule has 1 aromatic carbocycles. The maximum absolute atomic E-state index is 11.9. The van der Waals surface area contributed by atoms with Crippen LogP contribution in [0.25, 0.3) is 0 Å². The van der Waals surface area contributed by atoms with Crippen molar-refractivity contribution in [2.75, 3.05) is 6.16 Å². The Morgan fingerprint density at radius 1 is 1.38 bits per heavy atom. The average Bonchev–Trinajstić information content (AvgIpc) is 2.14. The highest BCUT2D eigenvalue weighted by atomic mass is 31.2. The van der Waals surface area contributed by atoms with E-state index in [2.05, 4.69) is 0 Å². The van der Waals surface area contributed by atoms with Crippen LogP contribution in [0.1, 0.15) is 17.5 Å². The highest BCUT2D eigenvalue weighted by molar-refractivity contribution is 7.66. The van der Waals surface area contributed by atoms with Crippen molar-refractivity contribution in [3.05, 3.63) is 29.3 Å². The molecule has 0 aliphatic carbocycles. The Morgan fingerprint density at radius 2 is 2.00 bits per heavy atom. The lowest BCUT2D eigenvalue weighted by atomic mass is 10.2. The Hall–Kier alpha value is -1.12. The summed E-state index contributed by atoms with van der Waals surface area (Å²) in [6, 6.07) is 5.18. The molecule has 1 rings (SSSR count). The molecule has 4 nitrogen and oxygen atoms in total. The van der Waals surface area contributed by atoms with E-state index < -0.39 is 13.3 Å². The standard InChI is InChI=1S/C11H15O4P/c1-8-3-4-10(9(2)7-8)16(14,15)6-5-11(12)13/h3-4,7H,5-6H2,1-2H3,(H,12,13)(H,14,15). The molecule has 1 aromatic rings. The van der Waals surface area contributed by atoms with E-state index in [-0.39, 0.29) is 12.6 Å². The number of benzene rings is 1. The Kier molecular flexibility index (Phi) is 3.89. The number of rotatable bonds is 4. The van der Waals surface area contributed by atoms with Gasteiger partial charge in [0.15, 0.2) is 0 Å². The van der Waals surface area contributed by atoms with Crippen molar-refractivity contribution in [1.29, 1.82) is 0 Å². The third-order valence-electron chi connectivity index (χ3n) is 2.36. The molecule has 0 heterocycles. The maximum Gasteiger partial charge on any atom is 0.303 e. The molecule has 0 aliphatic rings. The topological polar surface area (TPSA) is 74.6 Å². The van der Waals surface area contributed by atoms with Gasteiger partial charge in [0.2, 0.25) is 7.37 Å². The summed E-state index contributed by atoms with van der Waals surface area (Å²) in [5, 5.41) is 8.87. The van der Waals surface area contributed by atoms with Crippen molar-refractivity contribution in [3.8, 4) is 0 Å². The monoisotopic (exact) mass is 242 g/mol. The lowest BCUT2D eigenvalue weighted by Gasteiger charge is -2.13. The third-order valence-corrected chi connectivity index (χ3v) is 4.44. The number of carbonyl (C=O) groups is 1. The lowest BCUT2D eigenvalue weighted by Crippen LogP contribution is -2.13. The van der Waals surface area contributed by atoms with Gasteiger partial charge < -0.3 is 10.00 Å².